The first-order valence-corrected chi connectivity index (χ1v) is 9.17. The van der Waals surface area contributed by atoms with Crippen LogP contribution in [0, 0.1) is 0 Å². The topological polar surface area (TPSA) is 46.6 Å². The number of aryl methyl sites for hydroxylation is 1. The first kappa shape index (κ1) is 17.5. The van der Waals surface area contributed by atoms with Gasteiger partial charge >= 0.3 is 0 Å². The fraction of sp³-hybridized carbons (Fsp3) is 0.333. The Morgan fingerprint density at radius 1 is 1.04 bits per heavy atom. The highest BCUT2D eigenvalue weighted by molar-refractivity contribution is 7.89. The van der Waals surface area contributed by atoms with Crippen molar-refractivity contribution in [2.45, 2.75) is 31.7 Å². The van der Waals surface area contributed by atoms with Crippen LogP contribution < -0.4 is 4.74 Å². The van der Waals surface area contributed by atoms with Crippen LogP contribution in [-0.2, 0) is 23.0 Å². The molecule has 0 saturated heterocycles. The van der Waals surface area contributed by atoms with Crippen LogP contribution in [0.4, 0.5) is 0 Å². The molecule has 0 bridgehead atoms. The summed E-state index contributed by atoms with van der Waals surface area (Å²) >= 11 is 0. The Hall–Kier alpha value is -1.85. The minimum atomic E-state index is -3.53. The van der Waals surface area contributed by atoms with E-state index in [-0.39, 0.29) is 0 Å². The van der Waals surface area contributed by atoms with Crippen molar-refractivity contribution >= 4 is 10.0 Å². The predicted octanol–water partition coefficient (Wildman–Crippen LogP) is 3.47. The second kappa shape index (κ2) is 7.62. The van der Waals surface area contributed by atoms with Gasteiger partial charge in [0, 0.05) is 13.1 Å². The summed E-state index contributed by atoms with van der Waals surface area (Å²) in [4.78, 5) is 0.313. The highest BCUT2D eigenvalue weighted by Gasteiger charge is 2.24. The lowest BCUT2D eigenvalue weighted by Crippen LogP contribution is -2.30. The predicted molar refractivity (Wildman–Crippen MR) is 92.1 cm³/mol. The molecule has 0 aliphatic carbocycles. The molecule has 124 valence electrons. The zero-order chi connectivity index (χ0) is 16.9. The van der Waals surface area contributed by atoms with Crippen molar-refractivity contribution < 1.29 is 13.2 Å². The number of sulfonamides is 1. The third-order valence-electron chi connectivity index (χ3n) is 3.83. The van der Waals surface area contributed by atoms with Crippen molar-refractivity contribution in [2.75, 3.05) is 13.7 Å². The minimum absolute atomic E-state index is 0.313. The van der Waals surface area contributed by atoms with Crippen molar-refractivity contribution in [1.29, 1.82) is 0 Å². The first-order valence-electron chi connectivity index (χ1n) is 7.73. The molecule has 0 unspecified atom stereocenters. The van der Waals surface area contributed by atoms with Crippen molar-refractivity contribution in [3.8, 4) is 5.75 Å². The zero-order valence-corrected chi connectivity index (χ0v) is 14.6. The maximum absolute atomic E-state index is 12.9. The molecule has 0 heterocycles. The van der Waals surface area contributed by atoms with E-state index in [0.29, 0.717) is 18.0 Å². The molecule has 2 aromatic rings. The van der Waals surface area contributed by atoms with Crippen molar-refractivity contribution in [2.24, 2.45) is 0 Å². The number of hydrogen-bond acceptors (Lipinski definition) is 3. The Morgan fingerprint density at radius 3 is 2.30 bits per heavy atom. The van der Waals surface area contributed by atoms with E-state index in [1.807, 2.05) is 44.2 Å². The van der Waals surface area contributed by atoms with E-state index in [9.17, 15) is 8.42 Å². The molecule has 2 aromatic carbocycles. The van der Waals surface area contributed by atoms with Crippen LogP contribution >= 0.6 is 0 Å². The van der Waals surface area contributed by atoms with Gasteiger partial charge in [-0.25, -0.2) is 8.42 Å². The average molecular weight is 333 g/mol. The van der Waals surface area contributed by atoms with Gasteiger partial charge in [0.2, 0.25) is 10.0 Å². The van der Waals surface area contributed by atoms with Gasteiger partial charge in [0.1, 0.15) is 5.75 Å². The Kier molecular flexibility index (Phi) is 5.80. The number of benzene rings is 2. The van der Waals surface area contributed by atoms with E-state index in [2.05, 4.69) is 0 Å². The number of rotatable bonds is 7. The number of hydrogen-bond donors (Lipinski definition) is 0. The molecule has 0 aliphatic heterocycles. The van der Waals surface area contributed by atoms with Crippen LogP contribution in [-0.4, -0.2) is 26.4 Å². The normalized spacial score (nSPS) is 11.7. The van der Waals surface area contributed by atoms with E-state index < -0.39 is 10.0 Å². The van der Waals surface area contributed by atoms with Crippen molar-refractivity contribution in [3.63, 3.8) is 0 Å². The van der Waals surface area contributed by atoms with E-state index in [0.717, 1.165) is 23.3 Å². The molecule has 0 aromatic heterocycles. The number of nitrogens with zero attached hydrogens (tertiary/aromatic N) is 1. The molecule has 0 saturated carbocycles. The zero-order valence-electron chi connectivity index (χ0n) is 13.8. The van der Waals surface area contributed by atoms with E-state index in [1.165, 1.54) is 4.31 Å². The molecule has 4 nitrogen and oxygen atoms in total. The molecule has 0 aliphatic rings. The minimum Gasteiger partial charge on any atom is -0.496 e. The summed E-state index contributed by atoms with van der Waals surface area (Å²) in [6.07, 6.45) is 0.720. The molecule has 0 radical (unpaired) electrons. The van der Waals surface area contributed by atoms with Gasteiger partial charge in [-0.05, 0) is 35.7 Å². The average Bonchev–Trinajstić information content (AvgIpc) is 2.59. The summed E-state index contributed by atoms with van der Waals surface area (Å²) in [5.41, 5.74) is 1.87. The third-order valence-corrected chi connectivity index (χ3v) is 5.74. The van der Waals surface area contributed by atoms with Crippen LogP contribution in [0.15, 0.2) is 53.4 Å². The molecule has 5 heteroatoms. The van der Waals surface area contributed by atoms with Crippen molar-refractivity contribution in [1.82, 2.24) is 4.31 Å². The van der Waals surface area contributed by atoms with Gasteiger partial charge in [-0.2, -0.15) is 4.31 Å². The summed E-state index contributed by atoms with van der Waals surface area (Å²) in [7, 11) is -1.94. The smallest absolute Gasteiger partial charge is 0.243 e. The van der Waals surface area contributed by atoms with Gasteiger partial charge in [-0.1, -0.05) is 44.2 Å². The Labute approximate surface area is 138 Å². The lowest BCUT2D eigenvalue weighted by Gasteiger charge is -2.21. The van der Waals surface area contributed by atoms with E-state index >= 15 is 0 Å². The highest BCUT2D eigenvalue weighted by atomic mass is 32.2. The van der Waals surface area contributed by atoms with Crippen LogP contribution in [0.25, 0.3) is 0 Å². The summed E-state index contributed by atoms with van der Waals surface area (Å²) in [5.74, 6) is 0.720. The monoisotopic (exact) mass is 333 g/mol. The molecule has 0 spiro atoms. The summed E-state index contributed by atoms with van der Waals surface area (Å²) in [6, 6.07) is 14.7. The lowest BCUT2D eigenvalue weighted by molar-refractivity contribution is 0.408. The Morgan fingerprint density at radius 2 is 1.74 bits per heavy atom. The fourth-order valence-corrected chi connectivity index (χ4v) is 3.98. The van der Waals surface area contributed by atoms with Gasteiger partial charge in [0.25, 0.3) is 0 Å². The molecular weight excluding hydrogens is 310 g/mol. The lowest BCUT2D eigenvalue weighted by atomic mass is 10.1. The SMILES string of the molecule is CCc1cc(S(=O)(=O)N(CC)Cc2ccccc2)ccc1OC. The number of ether oxygens (including phenoxy) is 1. The maximum atomic E-state index is 12.9. The summed E-state index contributed by atoms with van der Waals surface area (Å²) < 4.78 is 32.6. The van der Waals surface area contributed by atoms with Crippen LogP contribution in [0.1, 0.15) is 25.0 Å². The summed E-state index contributed by atoms with van der Waals surface area (Å²) in [5, 5.41) is 0. The van der Waals surface area contributed by atoms with Gasteiger partial charge in [0.15, 0.2) is 0 Å². The quantitative estimate of drug-likeness (QED) is 0.779. The van der Waals surface area contributed by atoms with Crippen LogP contribution in [0.5, 0.6) is 5.75 Å². The Bertz CT molecular complexity index is 742. The van der Waals surface area contributed by atoms with Gasteiger partial charge < -0.3 is 4.74 Å². The first-order chi connectivity index (χ1) is 11.0. The van der Waals surface area contributed by atoms with Crippen LogP contribution in [0.2, 0.25) is 0 Å². The molecular formula is C18H23NO3S. The second-order valence-electron chi connectivity index (χ2n) is 5.24. The molecule has 0 amide bonds. The molecule has 23 heavy (non-hydrogen) atoms. The number of methoxy groups -OCH3 is 1. The maximum Gasteiger partial charge on any atom is 0.243 e. The standard InChI is InChI=1S/C18H23NO3S/c1-4-16-13-17(11-12-18(16)22-3)23(20,21)19(5-2)14-15-9-7-6-8-10-15/h6-13H,4-5,14H2,1-3H3. The fourth-order valence-electron chi connectivity index (χ4n) is 2.49. The molecule has 0 fully saturated rings. The van der Waals surface area contributed by atoms with Gasteiger partial charge in [0.05, 0.1) is 12.0 Å². The molecule has 0 atom stereocenters. The highest BCUT2D eigenvalue weighted by Crippen LogP contribution is 2.25. The Balaban J connectivity index is 2.35. The molecule has 0 N–H and O–H groups in total. The largest absolute Gasteiger partial charge is 0.496 e. The van der Waals surface area contributed by atoms with Crippen LogP contribution in [0.3, 0.4) is 0 Å². The van der Waals surface area contributed by atoms with Gasteiger partial charge in [-0.15, -0.1) is 0 Å². The van der Waals surface area contributed by atoms with E-state index in [1.54, 1.807) is 25.3 Å². The third kappa shape index (κ3) is 3.92. The second-order valence-corrected chi connectivity index (χ2v) is 7.18. The van der Waals surface area contributed by atoms with Crippen molar-refractivity contribution in [3.05, 3.63) is 59.7 Å². The van der Waals surface area contributed by atoms with Gasteiger partial charge in [-0.3, -0.25) is 0 Å². The summed E-state index contributed by atoms with van der Waals surface area (Å²) in [6.45, 7) is 4.62. The van der Waals surface area contributed by atoms with E-state index in [4.69, 9.17) is 4.74 Å². The molecule has 2 rings (SSSR count).